The number of para-hydroxylation sites is 1. The Labute approximate surface area is 177 Å². The molecule has 30 heavy (non-hydrogen) atoms. The largest absolute Gasteiger partial charge is 0.573 e. The van der Waals surface area contributed by atoms with Crippen molar-refractivity contribution in [2.24, 2.45) is 5.41 Å². The Morgan fingerprint density at radius 1 is 1.10 bits per heavy atom. The summed E-state index contributed by atoms with van der Waals surface area (Å²) < 4.78 is 42.5. The minimum atomic E-state index is -4.65. The maximum atomic E-state index is 12.7. The molecule has 0 radical (unpaired) electrons. The number of hydrogen-bond donors (Lipinski definition) is 0. The first-order valence-electron chi connectivity index (χ1n) is 10.5. The third-order valence-corrected chi connectivity index (χ3v) is 7.73. The van der Waals surface area contributed by atoms with E-state index < -0.39 is 6.36 Å². The second kappa shape index (κ2) is 7.67. The third kappa shape index (κ3) is 4.01. The van der Waals surface area contributed by atoms with E-state index >= 15 is 0 Å². The maximum Gasteiger partial charge on any atom is 0.573 e. The first-order chi connectivity index (χ1) is 14.4. The van der Waals surface area contributed by atoms with E-state index in [0.29, 0.717) is 17.0 Å². The fraction of sp³-hybridized carbons (Fsp3) is 0.619. The van der Waals surface area contributed by atoms with Crippen molar-refractivity contribution in [2.75, 3.05) is 31.1 Å². The standard InChI is InChI=1S/C21H25F3N4OS/c22-21(23,24)29-18-4-2-1-3-17(18)15-6-9-27(10-7-15)16-5-8-20(11-16)12-28(13-20)19-26-25-14-30-19/h1-4,14-16H,5-13H2/t16-/m1/s1. The summed E-state index contributed by atoms with van der Waals surface area (Å²) in [5.74, 6) is 0.0706. The van der Waals surface area contributed by atoms with Gasteiger partial charge in [0.1, 0.15) is 11.3 Å². The summed E-state index contributed by atoms with van der Waals surface area (Å²) in [5, 5.41) is 9.12. The van der Waals surface area contributed by atoms with Gasteiger partial charge in [-0.2, -0.15) is 0 Å². The van der Waals surface area contributed by atoms with Crippen molar-refractivity contribution in [1.82, 2.24) is 15.1 Å². The average molecular weight is 439 g/mol. The third-order valence-electron chi connectivity index (χ3n) is 6.98. The van der Waals surface area contributed by atoms with Gasteiger partial charge in [0.15, 0.2) is 0 Å². The molecule has 1 spiro atoms. The van der Waals surface area contributed by atoms with Crippen molar-refractivity contribution in [3.63, 3.8) is 0 Å². The van der Waals surface area contributed by atoms with Gasteiger partial charge in [-0.05, 0) is 62.7 Å². The van der Waals surface area contributed by atoms with E-state index in [1.54, 1.807) is 35.0 Å². The van der Waals surface area contributed by atoms with Crippen molar-refractivity contribution >= 4 is 16.5 Å². The molecule has 1 atom stereocenters. The van der Waals surface area contributed by atoms with Crippen molar-refractivity contribution in [3.8, 4) is 5.75 Å². The molecule has 0 amide bonds. The normalized spacial score (nSPS) is 24.9. The molecular formula is C21H25F3N4OS. The lowest BCUT2D eigenvalue weighted by Crippen LogP contribution is -2.56. The van der Waals surface area contributed by atoms with Gasteiger partial charge in [0.25, 0.3) is 0 Å². The quantitative estimate of drug-likeness (QED) is 0.694. The van der Waals surface area contributed by atoms with E-state index in [2.05, 4.69) is 24.7 Å². The van der Waals surface area contributed by atoms with Crippen molar-refractivity contribution in [1.29, 1.82) is 0 Å². The number of likely N-dealkylation sites (tertiary alicyclic amines) is 1. The Bertz CT molecular complexity index is 861. The molecule has 3 fully saturated rings. The van der Waals surface area contributed by atoms with Gasteiger partial charge in [-0.3, -0.25) is 0 Å². The van der Waals surface area contributed by atoms with Crippen LogP contribution in [-0.4, -0.2) is 53.7 Å². The van der Waals surface area contributed by atoms with Gasteiger partial charge in [-0.15, -0.1) is 23.4 Å². The van der Waals surface area contributed by atoms with Crippen LogP contribution in [0.4, 0.5) is 18.3 Å². The number of hydrogen-bond acceptors (Lipinski definition) is 6. The summed E-state index contributed by atoms with van der Waals surface area (Å²) in [7, 11) is 0. The highest BCUT2D eigenvalue weighted by atomic mass is 32.1. The Kier molecular flexibility index (Phi) is 5.13. The molecule has 1 aromatic heterocycles. The highest BCUT2D eigenvalue weighted by Crippen LogP contribution is 2.49. The SMILES string of the molecule is FC(F)(F)Oc1ccccc1C1CCN([C@@H]2CCC3(C2)CN(c2nncs2)C3)CC1. The molecule has 3 aliphatic rings. The summed E-state index contributed by atoms with van der Waals surface area (Å²) >= 11 is 1.59. The van der Waals surface area contributed by atoms with E-state index in [9.17, 15) is 13.2 Å². The first-order valence-corrected chi connectivity index (χ1v) is 11.4. The maximum absolute atomic E-state index is 12.7. The summed E-state index contributed by atoms with van der Waals surface area (Å²) in [4.78, 5) is 4.88. The monoisotopic (exact) mass is 438 g/mol. The highest BCUT2D eigenvalue weighted by molar-refractivity contribution is 7.13. The molecule has 5 nitrogen and oxygen atoms in total. The molecule has 3 heterocycles. The molecule has 0 unspecified atom stereocenters. The highest BCUT2D eigenvalue weighted by Gasteiger charge is 2.50. The number of halogens is 3. The zero-order valence-electron chi connectivity index (χ0n) is 16.6. The Balaban J connectivity index is 1.16. The van der Waals surface area contributed by atoms with Crippen molar-refractivity contribution in [2.45, 2.75) is 50.4 Å². The summed E-state index contributed by atoms with van der Waals surface area (Å²) in [6.45, 7) is 4.01. The van der Waals surface area contributed by atoms with Crippen LogP contribution in [0.3, 0.4) is 0 Å². The van der Waals surface area contributed by atoms with Crippen LogP contribution < -0.4 is 9.64 Å². The van der Waals surface area contributed by atoms with Crippen molar-refractivity contribution in [3.05, 3.63) is 35.3 Å². The predicted molar refractivity (Wildman–Crippen MR) is 109 cm³/mol. The fourth-order valence-corrected chi connectivity index (χ4v) is 6.15. The van der Waals surface area contributed by atoms with Crippen LogP contribution in [0.1, 0.15) is 43.6 Å². The molecule has 0 N–H and O–H groups in total. The van der Waals surface area contributed by atoms with E-state index in [1.807, 2.05) is 0 Å². The van der Waals surface area contributed by atoms with E-state index in [0.717, 1.165) is 44.2 Å². The van der Waals surface area contributed by atoms with Crippen LogP contribution in [0, 0.1) is 5.41 Å². The van der Waals surface area contributed by atoms with Crippen LogP contribution in [-0.2, 0) is 0 Å². The van der Waals surface area contributed by atoms with Crippen LogP contribution in [0.25, 0.3) is 0 Å². The molecule has 9 heteroatoms. The molecule has 1 saturated carbocycles. The Morgan fingerprint density at radius 3 is 2.57 bits per heavy atom. The van der Waals surface area contributed by atoms with Crippen LogP contribution in [0.15, 0.2) is 29.8 Å². The summed E-state index contributed by atoms with van der Waals surface area (Å²) in [6.07, 6.45) is 0.760. The number of alkyl halides is 3. The minimum absolute atomic E-state index is 0.0468. The molecule has 1 aliphatic carbocycles. The van der Waals surface area contributed by atoms with Gasteiger partial charge < -0.3 is 14.5 Å². The molecule has 0 bridgehead atoms. The van der Waals surface area contributed by atoms with Gasteiger partial charge in [-0.25, -0.2) is 0 Å². The lowest BCUT2D eigenvalue weighted by atomic mass is 9.78. The number of aromatic nitrogens is 2. The second-order valence-corrected chi connectivity index (χ2v) is 9.68. The van der Waals surface area contributed by atoms with Crippen LogP contribution in [0.2, 0.25) is 0 Å². The van der Waals surface area contributed by atoms with Crippen molar-refractivity contribution < 1.29 is 17.9 Å². The van der Waals surface area contributed by atoms with E-state index in [-0.39, 0.29) is 11.7 Å². The van der Waals surface area contributed by atoms with Gasteiger partial charge in [0.05, 0.1) is 0 Å². The van der Waals surface area contributed by atoms with E-state index in [4.69, 9.17) is 0 Å². The number of anilines is 1. The molecule has 5 rings (SSSR count). The van der Waals surface area contributed by atoms with Gasteiger partial charge >= 0.3 is 6.36 Å². The lowest BCUT2D eigenvalue weighted by molar-refractivity contribution is -0.275. The molecule has 2 aliphatic heterocycles. The number of rotatable bonds is 4. The van der Waals surface area contributed by atoms with Crippen LogP contribution >= 0.6 is 11.3 Å². The second-order valence-electron chi connectivity index (χ2n) is 8.87. The topological polar surface area (TPSA) is 41.5 Å². The molecule has 162 valence electrons. The number of benzene rings is 1. The van der Waals surface area contributed by atoms with Crippen LogP contribution in [0.5, 0.6) is 5.75 Å². The van der Waals surface area contributed by atoms with E-state index in [1.165, 1.54) is 25.3 Å². The predicted octanol–water partition coefficient (Wildman–Crippen LogP) is 4.68. The Morgan fingerprint density at radius 2 is 1.87 bits per heavy atom. The Hall–Kier alpha value is -1.87. The fourth-order valence-electron chi connectivity index (χ4n) is 5.59. The number of ether oxygens (including phenoxy) is 1. The minimum Gasteiger partial charge on any atom is -0.405 e. The molecule has 1 aromatic carbocycles. The smallest absolute Gasteiger partial charge is 0.405 e. The zero-order valence-corrected chi connectivity index (χ0v) is 17.5. The lowest BCUT2D eigenvalue weighted by Gasteiger charge is -2.48. The number of piperidine rings is 1. The average Bonchev–Trinajstić information content (AvgIpc) is 3.36. The summed E-state index contributed by atoms with van der Waals surface area (Å²) in [6, 6.07) is 7.19. The molecule has 2 saturated heterocycles. The zero-order chi connectivity index (χ0) is 20.8. The molecule has 2 aromatic rings. The van der Waals surface area contributed by atoms with Gasteiger partial charge in [-0.1, -0.05) is 29.5 Å². The number of nitrogens with zero attached hydrogens (tertiary/aromatic N) is 4. The first kappa shape index (κ1) is 20.1. The molecular weight excluding hydrogens is 413 g/mol. The summed E-state index contributed by atoms with van der Waals surface area (Å²) in [5.41, 5.74) is 2.87. The van der Waals surface area contributed by atoms with Gasteiger partial charge in [0, 0.05) is 24.5 Å². The van der Waals surface area contributed by atoms with Gasteiger partial charge in [0.2, 0.25) is 5.13 Å².